The van der Waals surface area contributed by atoms with Gasteiger partial charge in [0.15, 0.2) is 11.5 Å². The van der Waals surface area contributed by atoms with Gasteiger partial charge >= 0.3 is 5.97 Å². The van der Waals surface area contributed by atoms with Crippen molar-refractivity contribution in [2.45, 2.75) is 25.9 Å². The van der Waals surface area contributed by atoms with E-state index in [1.165, 1.54) is 23.1 Å². The van der Waals surface area contributed by atoms with Crippen LogP contribution in [0, 0.1) is 12.7 Å². The highest BCUT2D eigenvalue weighted by Gasteiger charge is 2.43. The lowest BCUT2D eigenvalue weighted by molar-refractivity contribution is -0.136. The number of cyclic esters (lactones) is 1. The van der Waals surface area contributed by atoms with Crippen LogP contribution in [0.2, 0.25) is 0 Å². The summed E-state index contributed by atoms with van der Waals surface area (Å²) in [5.74, 6) is -0.613. The molecule has 35 heavy (non-hydrogen) atoms. The monoisotopic (exact) mass is 473 g/mol. The molecule has 1 atom stereocenters. The van der Waals surface area contributed by atoms with E-state index in [2.05, 4.69) is 0 Å². The van der Waals surface area contributed by atoms with Gasteiger partial charge in [0.1, 0.15) is 19.0 Å². The molecule has 0 radical (unpaired) electrons. The highest BCUT2D eigenvalue weighted by Crippen LogP contribution is 2.43. The molecule has 2 aliphatic rings. The second kappa shape index (κ2) is 9.25. The highest BCUT2D eigenvalue weighted by atomic mass is 19.1. The van der Waals surface area contributed by atoms with Crippen molar-refractivity contribution < 1.29 is 28.2 Å². The lowest BCUT2D eigenvalue weighted by Gasteiger charge is -2.32. The van der Waals surface area contributed by atoms with E-state index < -0.39 is 17.7 Å². The predicted octanol–water partition coefficient (Wildman–Crippen LogP) is 5.05. The Kier molecular flexibility index (Phi) is 5.99. The zero-order chi connectivity index (χ0) is 24.5. The molecular weight excluding hydrogens is 449 g/mol. The fourth-order valence-corrected chi connectivity index (χ4v) is 4.60. The van der Waals surface area contributed by atoms with Crippen LogP contribution < -0.4 is 14.4 Å². The van der Waals surface area contributed by atoms with E-state index in [1.807, 2.05) is 37.3 Å². The molecule has 2 heterocycles. The average molecular weight is 474 g/mol. The number of hydrogen-bond donors (Lipinski definition) is 0. The Labute approximate surface area is 202 Å². The topological polar surface area (TPSA) is 65.1 Å². The van der Waals surface area contributed by atoms with E-state index in [1.54, 1.807) is 25.3 Å². The number of carbonyl (C=O) groups is 2. The summed E-state index contributed by atoms with van der Waals surface area (Å²) in [5, 5.41) is 0. The second-order valence-corrected chi connectivity index (χ2v) is 8.53. The number of carbonyl (C=O) groups excluding carboxylic acids is 2. The van der Waals surface area contributed by atoms with Gasteiger partial charge < -0.3 is 14.2 Å². The maximum absolute atomic E-state index is 13.8. The molecule has 0 saturated carbocycles. The lowest BCUT2D eigenvalue weighted by atomic mass is 9.84. The van der Waals surface area contributed by atoms with Gasteiger partial charge in [0.25, 0.3) is 0 Å². The van der Waals surface area contributed by atoms with Crippen LogP contribution >= 0.6 is 0 Å². The fraction of sp³-hybridized carbons (Fsp3) is 0.214. The molecule has 6 nitrogen and oxygen atoms in total. The number of anilines is 1. The summed E-state index contributed by atoms with van der Waals surface area (Å²) in [7, 11) is 1.55. The van der Waals surface area contributed by atoms with E-state index in [-0.39, 0.29) is 18.9 Å². The molecule has 0 bridgehead atoms. The van der Waals surface area contributed by atoms with E-state index >= 15 is 0 Å². The molecule has 1 amide bonds. The Morgan fingerprint density at radius 1 is 1.03 bits per heavy atom. The first-order chi connectivity index (χ1) is 17.0. The number of hydrogen-bond acceptors (Lipinski definition) is 5. The van der Waals surface area contributed by atoms with Gasteiger partial charge in [-0.1, -0.05) is 36.4 Å². The third kappa shape index (κ3) is 4.25. The molecule has 7 heteroatoms. The Morgan fingerprint density at radius 3 is 2.63 bits per heavy atom. The van der Waals surface area contributed by atoms with Crippen LogP contribution in [-0.4, -0.2) is 25.6 Å². The maximum Gasteiger partial charge on any atom is 0.336 e. The Balaban J connectivity index is 1.47. The molecule has 0 aliphatic carbocycles. The SMILES string of the molecule is COc1cc(C2CC(=O)N(c3cccc(F)c3)C3=C2C(=O)OC3)ccc1OCc1ccccc1C. The first kappa shape index (κ1) is 22.7. The van der Waals surface area contributed by atoms with Gasteiger partial charge in [0, 0.05) is 12.3 Å². The van der Waals surface area contributed by atoms with Gasteiger partial charge in [0.05, 0.1) is 24.1 Å². The molecule has 3 aromatic rings. The second-order valence-electron chi connectivity index (χ2n) is 8.53. The quantitative estimate of drug-likeness (QED) is 0.469. The summed E-state index contributed by atoms with van der Waals surface area (Å²) in [6, 6.07) is 19.1. The predicted molar refractivity (Wildman–Crippen MR) is 128 cm³/mol. The van der Waals surface area contributed by atoms with E-state index in [9.17, 15) is 14.0 Å². The number of nitrogens with zero attached hydrogens (tertiary/aromatic N) is 1. The minimum Gasteiger partial charge on any atom is -0.493 e. The number of benzene rings is 3. The van der Waals surface area contributed by atoms with Crippen LogP contribution in [0.15, 0.2) is 78.0 Å². The van der Waals surface area contributed by atoms with Gasteiger partial charge in [-0.25, -0.2) is 9.18 Å². The van der Waals surface area contributed by atoms with Crippen molar-refractivity contribution in [3.63, 3.8) is 0 Å². The molecular formula is C28H24FNO5. The summed E-state index contributed by atoms with van der Waals surface area (Å²) in [6.07, 6.45) is 0.0387. The van der Waals surface area contributed by atoms with Crippen LogP contribution in [0.5, 0.6) is 11.5 Å². The largest absolute Gasteiger partial charge is 0.493 e. The minimum atomic E-state index is -0.503. The van der Waals surface area contributed by atoms with Gasteiger partial charge in [-0.05, 0) is 53.9 Å². The smallest absolute Gasteiger partial charge is 0.336 e. The summed E-state index contributed by atoms with van der Waals surface area (Å²) in [6.45, 7) is 2.37. The molecule has 1 unspecified atom stereocenters. The fourth-order valence-electron chi connectivity index (χ4n) is 4.60. The summed E-state index contributed by atoms with van der Waals surface area (Å²) >= 11 is 0. The number of esters is 1. The molecule has 0 saturated heterocycles. The Hall–Kier alpha value is -4.13. The van der Waals surface area contributed by atoms with Crippen LogP contribution in [0.25, 0.3) is 0 Å². The van der Waals surface area contributed by atoms with Crippen LogP contribution in [0.1, 0.15) is 29.0 Å². The lowest BCUT2D eigenvalue weighted by Crippen LogP contribution is -2.37. The van der Waals surface area contributed by atoms with Crippen molar-refractivity contribution in [3.05, 3.63) is 101 Å². The van der Waals surface area contributed by atoms with Gasteiger partial charge in [-0.3, -0.25) is 9.69 Å². The summed E-state index contributed by atoms with van der Waals surface area (Å²) in [4.78, 5) is 27.3. The van der Waals surface area contributed by atoms with Crippen molar-refractivity contribution in [1.82, 2.24) is 0 Å². The number of aryl methyl sites for hydroxylation is 1. The number of ether oxygens (including phenoxy) is 3. The number of halogens is 1. The van der Waals surface area contributed by atoms with Gasteiger partial charge in [-0.15, -0.1) is 0 Å². The third-order valence-corrected chi connectivity index (χ3v) is 6.42. The van der Waals surface area contributed by atoms with Crippen molar-refractivity contribution in [2.24, 2.45) is 0 Å². The van der Waals surface area contributed by atoms with Crippen molar-refractivity contribution in [3.8, 4) is 11.5 Å². The maximum atomic E-state index is 13.8. The normalized spacial score (nSPS) is 17.3. The van der Waals surface area contributed by atoms with Crippen LogP contribution in [0.3, 0.4) is 0 Å². The van der Waals surface area contributed by atoms with Crippen molar-refractivity contribution >= 4 is 17.6 Å². The molecule has 5 rings (SSSR count). The first-order valence-corrected chi connectivity index (χ1v) is 11.3. The zero-order valence-electron chi connectivity index (χ0n) is 19.4. The first-order valence-electron chi connectivity index (χ1n) is 11.3. The molecule has 0 fully saturated rings. The van der Waals surface area contributed by atoms with Crippen LogP contribution in [-0.2, 0) is 20.9 Å². The molecule has 3 aromatic carbocycles. The average Bonchev–Trinajstić information content (AvgIpc) is 3.24. The highest BCUT2D eigenvalue weighted by molar-refractivity contribution is 6.06. The molecule has 0 aromatic heterocycles. The molecule has 0 N–H and O–H groups in total. The van der Waals surface area contributed by atoms with Crippen LogP contribution in [0.4, 0.5) is 10.1 Å². The summed E-state index contributed by atoms with van der Waals surface area (Å²) < 4.78 is 30.7. The van der Waals surface area contributed by atoms with Gasteiger partial charge in [0.2, 0.25) is 5.91 Å². The number of rotatable bonds is 6. The Bertz CT molecular complexity index is 1350. The van der Waals surface area contributed by atoms with E-state index in [0.717, 1.165) is 16.7 Å². The number of methoxy groups -OCH3 is 1. The minimum absolute atomic E-state index is 0.0387. The number of amides is 1. The zero-order valence-corrected chi connectivity index (χ0v) is 19.4. The molecule has 2 aliphatic heterocycles. The van der Waals surface area contributed by atoms with Crippen molar-refractivity contribution in [2.75, 3.05) is 18.6 Å². The van der Waals surface area contributed by atoms with E-state index in [0.29, 0.717) is 35.1 Å². The van der Waals surface area contributed by atoms with Gasteiger partial charge in [-0.2, -0.15) is 0 Å². The molecule has 178 valence electrons. The standard InChI is InChI=1S/C28H24FNO5/c1-17-6-3-4-7-19(17)15-34-24-11-10-18(12-25(24)33-2)22-14-26(31)30(21-9-5-8-20(29)13-21)23-16-35-28(32)27(22)23/h3-13,22H,14-16H2,1-2H3. The van der Waals surface area contributed by atoms with Crippen molar-refractivity contribution in [1.29, 1.82) is 0 Å². The third-order valence-electron chi connectivity index (χ3n) is 6.42. The Morgan fingerprint density at radius 2 is 1.86 bits per heavy atom. The van der Waals surface area contributed by atoms with E-state index in [4.69, 9.17) is 14.2 Å². The molecule has 0 spiro atoms. The summed E-state index contributed by atoms with van der Waals surface area (Å²) in [5.41, 5.74) is 4.16.